The zero-order valence-corrected chi connectivity index (χ0v) is 18.1. The number of amides is 3. The number of fused-ring (bicyclic) bond motifs is 1. The van der Waals surface area contributed by atoms with E-state index in [2.05, 4.69) is 22.5 Å². The summed E-state index contributed by atoms with van der Waals surface area (Å²) in [4.78, 5) is 24.7. The first-order valence-corrected chi connectivity index (χ1v) is 10.7. The maximum absolute atomic E-state index is 12.7. The molecular formula is C25H23N3O5. The van der Waals surface area contributed by atoms with E-state index < -0.39 is 17.5 Å². The molecule has 1 aliphatic carbocycles. The lowest BCUT2D eigenvalue weighted by atomic mass is 10.00. The van der Waals surface area contributed by atoms with Crippen molar-refractivity contribution in [2.45, 2.75) is 24.9 Å². The Morgan fingerprint density at radius 2 is 1.91 bits per heavy atom. The molecule has 1 saturated carbocycles. The van der Waals surface area contributed by atoms with Gasteiger partial charge in [0, 0.05) is 22.5 Å². The second-order valence-corrected chi connectivity index (χ2v) is 8.38. The van der Waals surface area contributed by atoms with Gasteiger partial charge in [-0.2, -0.15) is 0 Å². The predicted molar refractivity (Wildman–Crippen MR) is 121 cm³/mol. The van der Waals surface area contributed by atoms with Crippen LogP contribution in [0.25, 0.3) is 10.8 Å². The van der Waals surface area contributed by atoms with E-state index >= 15 is 0 Å². The highest BCUT2D eigenvalue weighted by molar-refractivity contribution is 6.09. The summed E-state index contributed by atoms with van der Waals surface area (Å²) in [5, 5.41) is 17.0. The maximum Gasteiger partial charge on any atom is 0.323 e. The van der Waals surface area contributed by atoms with E-state index in [-0.39, 0.29) is 12.4 Å². The largest absolute Gasteiger partial charge is 0.497 e. The Balaban J connectivity index is 1.43. The highest BCUT2D eigenvalue weighted by atomic mass is 16.5. The van der Waals surface area contributed by atoms with E-state index in [0.29, 0.717) is 22.6 Å². The Morgan fingerprint density at radius 1 is 1.15 bits per heavy atom. The van der Waals surface area contributed by atoms with Gasteiger partial charge in [0.2, 0.25) is 5.54 Å². The van der Waals surface area contributed by atoms with E-state index in [1.54, 1.807) is 25.4 Å². The number of nitrogens with one attached hydrogen (secondary N) is 2. The zero-order chi connectivity index (χ0) is 23.0. The molecule has 2 aromatic carbocycles. The van der Waals surface area contributed by atoms with Crippen molar-refractivity contribution in [3.8, 4) is 29.2 Å². The number of urea groups is 1. The van der Waals surface area contributed by atoms with Crippen LogP contribution in [0, 0.1) is 17.8 Å². The van der Waals surface area contributed by atoms with Crippen molar-refractivity contribution in [1.82, 2.24) is 15.2 Å². The lowest BCUT2D eigenvalue weighted by Crippen LogP contribution is -2.49. The molecule has 8 nitrogen and oxygen atoms in total. The SMILES string of the molecule is COc1ccc2cn(C[C@@]3(C#Cc4ccc(OCC5CC5)cc4)NC(=O)NC3=O)c(O)c2c1. The van der Waals surface area contributed by atoms with Crippen LogP contribution in [0.2, 0.25) is 0 Å². The number of rotatable bonds is 6. The molecule has 2 heterocycles. The number of aromatic nitrogens is 1. The predicted octanol–water partition coefficient (Wildman–Crippen LogP) is 2.77. The van der Waals surface area contributed by atoms with Crippen LogP contribution in [0.15, 0.2) is 48.7 Å². The fraction of sp³-hybridized carbons (Fsp3) is 0.280. The van der Waals surface area contributed by atoms with Crippen molar-refractivity contribution >= 4 is 22.7 Å². The molecule has 33 heavy (non-hydrogen) atoms. The van der Waals surface area contributed by atoms with Crippen molar-refractivity contribution in [2.24, 2.45) is 5.92 Å². The number of ether oxygens (including phenoxy) is 2. The average molecular weight is 445 g/mol. The van der Waals surface area contributed by atoms with Gasteiger partial charge >= 0.3 is 6.03 Å². The number of aromatic hydroxyl groups is 1. The molecule has 2 fully saturated rings. The number of carbonyl (C=O) groups is 2. The summed E-state index contributed by atoms with van der Waals surface area (Å²) >= 11 is 0. The van der Waals surface area contributed by atoms with Crippen molar-refractivity contribution < 1.29 is 24.2 Å². The van der Waals surface area contributed by atoms with Gasteiger partial charge in [-0.25, -0.2) is 4.79 Å². The summed E-state index contributed by atoms with van der Waals surface area (Å²) in [6, 6.07) is 12.0. The number of hydrogen-bond acceptors (Lipinski definition) is 5. The molecule has 5 rings (SSSR count). The second kappa shape index (κ2) is 8.10. The molecule has 0 bridgehead atoms. The summed E-state index contributed by atoms with van der Waals surface area (Å²) in [6.07, 6.45) is 4.15. The minimum atomic E-state index is -1.53. The monoisotopic (exact) mass is 445 g/mol. The van der Waals surface area contributed by atoms with Crippen LogP contribution < -0.4 is 20.1 Å². The first-order valence-electron chi connectivity index (χ1n) is 10.7. The average Bonchev–Trinajstić information content (AvgIpc) is 3.54. The van der Waals surface area contributed by atoms with Gasteiger partial charge in [-0.15, -0.1) is 0 Å². The van der Waals surface area contributed by atoms with Gasteiger partial charge in [-0.05, 0) is 61.2 Å². The number of nitrogens with zero attached hydrogens (tertiary/aromatic N) is 1. The van der Waals surface area contributed by atoms with Gasteiger partial charge in [0.25, 0.3) is 5.91 Å². The Morgan fingerprint density at radius 3 is 2.58 bits per heavy atom. The molecule has 168 valence electrons. The normalized spacial score (nSPS) is 19.5. The van der Waals surface area contributed by atoms with Crippen LogP contribution in [-0.4, -0.2) is 40.9 Å². The summed E-state index contributed by atoms with van der Waals surface area (Å²) in [5.41, 5.74) is -0.858. The minimum absolute atomic E-state index is 0.0452. The molecule has 0 spiro atoms. The third-order valence-corrected chi connectivity index (χ3v) is 5.87. The number of hydrogen-bond donors (Lipinski definition) is 3. The highest BCUT2D eigenvalue weighted by Crippen LogP contribution is 2.32. The Bertz CT molecular complexity index is 1300. The van der Waals surface area contributed by atoms with Gasteiger partial charge < -0.3 is 24.5 Å². The molecule has 2 aliphatic rings. The fourth-order valence-electron chi connectivity index (χ4n) is 3.77. The third-order valence-electron chi connectivity index (χ3n) is 5.87. The molecule has 3 N–H and O–H groups in total. The standard InChI is InChI=1S/C25H23N3O5/c1-32-20-9-6-18-13-28(22(29)21(18)12-20)15-25(23(30)26-24(31)27-25)11-10-16-4-7-19(8-5-16)33-14-17-2-3-17/h4-9,12-13,17,29H,2-3,14-15H2,1H3,(H2,26,27,30,31)/t25-/m1/s1. The molecule has 1 atom stereocenters. The summed E-state index contributed by atoms with van der Waals surface area (Å²) < 4.78 is 12.5. The molecule has 3 amide bonds. The van der Waals surface area contributed by atoms with Crippen LogP contribution >= 0.6 is 0 Å². The molecule has 8 heteroatoms. The van der Waals surface area contributed by atoms with Gasteiger partial charge in [-0.3, -0.25) is 10.1 Å². The lowest BCUT2D eigenvalue weighted by Gasteiger charge is -2.20. The maximum atomic E-state index is 12.7. The smallest absolute Gasteiger partial charge is 0.323 e. The molecule has 0 radical (unpaired) electrons. The topological polar surface area (TPSA) is 102 Å². The molecule has 1 aliphatic heterocycles. The fourth-order valence-corrected chi connectivity index (χ4v) is 3.77. The van der Waals surface area contributed by atoms with Gasteiger partial charge in [-0.1, -0.05) is 11.8 Å². The van der Waals surface area contributed by atoms with E-state index in [1.807, 2.05) is 30.3 Å². The van der Waals surface area contributed by atoms with Crippen molar-refractivity contribution in [2.75, 3.05) is 13.7 Å². The van der Waals surface area contributed by atoms with Crippen LogP contribution in [0.5, 0.6) is 17.4 Å². The first-order chi connectivity index (χ1) is 16.0. The quantitative estimate of drug-likeness (QED) is 0.400. The summed E-state index contributed by atoms with van der Waals surface area (Å²) in [6.45, 7) is 0.657. The van der Waals surface area contributed by atoms with Crippen LogP contribution in [0.4, 0.5) is 4.79 Å². The lowest BCUT2D eigenvalue weighted by molar-refractivity contribution is -0.122. The van der Waals surface area contributed by atoms with Crippen LogP contribution in [-0.2, 0) is 11.3 Å². The molecule has 0 unspecified atom stereocenters. The molecule has 3 aromatic rings. The second-order valence-electron chi connectivity index (χ2n) is 8.38. The van der Waals surface area contributed by atoms with E-state index in [9.17, 15) is 14.7 Å². The summed E-state index contributed by atoms with van der Waals surface area (Å²) in [5.74, 6) is 7.32. The number of methoxy groups -OCH3 is 1. The number of benzene rings is 2. The van der Waals surface area contributed by atoms with Crippen molar-refractivity contribution in [3.05, 3.63) is 54.2 Å². The van der Waals surface area contributed by atoms with Crippen LogP contribution in [0.3, 0.4) is 0 Å². The number of imide groups is 1. The summed E-state index contributed by atoms with van der Waals surface area (Å²) in [7, 11) is 1.55. The molecular weight excluding hydrogens is 422 g/mol. The minimum Gasteiger partial charge on any atom is -0.497 e. The van der Waals surface area contributed by atoms with E-state index in [1.165, 1.54) is 17.4 Å². The van der Waals surface area contributed by atoms with Gasteiger partial charge in [0.15, 0.2) is 5.88 Å². The molecule has 1 saturated heterocycles. The van der Waals surface area contributed by atoms with Crippen LogP contribution in [0.1, 0.15) is 18.4 Å². The van der Waals surface area contributed by atoms with E-state index in [0.717, 1.165) is 17.7 Å². The van der Waals surface area contributed by atoms with E-state index in [4.69, 9.17) is 9.47 Å². The molecule has 1 aromatic heterocycles. The van der Waals surface area contributed by atoms with Gasteiger partial charge in [0.05, 0.1) is 20.3 Å². The third kappa shape index (κ3) is 4.17. The number of carbonyl (C=O) groups excluding carboxylic acids is 2. The highest BCUT2D eigenvalue weighted by Gasteiger charge is 2.46. The van der Waals surface area contributed by atoms with Crippen molar-refractivity contribution in [1.29, 1.82) is 0 Å². The Kier molecular flexibility index (Phi) is 5.09. The Labute approximate surface area is 190 Å². The Hall–Kier alpha value is -4.12. The zero-order valence-electron chi connectivity index (χ0n) is 18.1. The first kappa shape index (κ1) is 20.8. The van der Waals surface area contributed by atoms with Gasteiger partial charge in [0.1, 0.15) is 11.5 Å². The van der Waals surface area contributed by atoms with Crippen molar-refractivity contribution in [3.63, 3.8) is 0 Å².